The number of nitrogens with one attached hydrogen (secondary N) is 1. The normalized spacial score (nSPS) is 19.9. The zero-order valence-electron chi connectivity index (χ0n) is 13.9. The third-order valence-corrected chi connectivity index (χ3v) is 4.46. The fraction of sp³-hybridized carbons (Fsp3) is 0.688. The molecule has 1 atom stereocenters. The van der Waals surface area contributed by atoms with E-state index in [1.807, 2.05) is 6.26 Å². The monoisotopic (exact) mass is 322 g/mol. The molecule has 0 aromatic carbocycles. The van der Waals surface area contributed by atoms with Gasteiger partial charge in [0.05, 0.1) is 5.56 Å². The van der Waals surface area contributed by atoms with Crippen LogP contribution in [0.5, 0.6) is 0 Å². The Balaban J connectivity index is 1.93. The summed E-state index contributed by atoms with van der Waals surface area (Å²) >= 11 is 1.47. The Hall–Kier alpha value is -1.14. The fourth-order valence-electron chi connectivity index (χ4n) is 2.95. The number of aromatic nitrogens is 2. The molecule has 1 fully saturated rings. The van der Waals surface area contributed by atoms with Gasteiger partial charge in [-0.15, -0.1) is 0 Å². The molecule has 1 aliphatic heterocycles. The zero-order chi connectivity index (χ0) is 16.2. The van der Waals surface area contributed by atoms with Crippen LogP contribution in [0.2, 0.25) is 0 Å². The maximum absolute atomic E-state index is 12.3. The third-order valence-electron chi connectivity index (χ3n) is 3.88. The molecule has 2 heterocycles. The smallest absolute Gasteiger partial charge is 0.254 e. The van der Waals surface area contributed by atoms with Crippen molar-refractivity contribution in [1.82, 2.24) is 20.2 Å². The number of amides is 1. The van der Waals surface area contributed by atoms with E-state index in [1.165, 1.54) is 24.6 Å². The molecule has 1 amide bonds. The first-order valence-electron chi connectivity index (χ1n) is 7.80. The van der Waals surface area contributed by atoms with E-state index in [4.69, 9.17) is 0 Å². The molecule has 0 spiro atoms. The first kappa shape index (κ1) is 17.2. The summed E-state index contributed by atoms with van der Waals surface area (Å²) in [5, 5.41) is 3.78. The molecule has 1 N–H and O–H groups in total. The number of likely N-dealkylation sites (tertiary alicyclic amines) is 1. The lowest BCUT2D eigenvalue weighted by Crippen LogP contribution is -2.53. The van der Waals surface area contributed by atoms with E-state index >= 15 is 0 Å². The van der Waals surface area contributed by atoms with Gasteiger partial charge < -0.3 is 10.2 Å². The highest BCUT2D eigenvalue weighted by molar-refractivity contribution is 7.98. The van der Waals surface area contributed by atoms with Gasteiger partial charge in [0, 0.05) is 31.0 Å². The summed E-state index contributed by atoms with van der Waals surface area (Å²) in [6, 6.07) is 0. The number of thioether (sulfide) groups is 1. The lowest BCUT2D eigenvalue weighted by Gasteiger charge is -2.37. The van der Waals surface area contributed by atoms with Crippen molar-refractivity contribution in [3.05, 3.63) is 18.0 Å². The van der Waals surface area contributed by atoms with Gasteiger partial charge in [-0.25, -0.2) is 9.97 Å². The Kier molecular flexibility index (Phi) is 5.81. The van der Waals surface area contributed by atoms with E-state index in [0.29, 0.717) is 10.7 Å². The highest BCUT2D eigenvalue weighted by Gasteiger charge is 2.26. The molecule has 1 aromatic heterocycles. The topological polar surface area (TPSA) is 58.1 Å². The molecular formula is C16H26N4OS. The van der Waals surface area contributed by atoms with Crippen LogP contribution in [0, 0.1) is 5.92 Å². The van der Waals surface area contributed by atoms with Crippen molar-refractivity contribution in [2.24, 2.45) is 5.92 Å². The predicted molar refractivity (Wildman–Crippen MR) is 90.2 cm³/mol. The van der Waals surface area contributed by atoms with Gasteiger partial charge in [-0.05, 0) is 45.4 Å². The second-order valence-electron chi connectivity index (χ2n) is 6.78. The Morgan fingerprint density at radius 1 is 1.45 bits per heavy atom. The Bertz CT molecular complexity index is 503. The second kappa shape index (κ2) is 7.42. The van der Waals surface area contributed by atoms with E-state index < -0.39 is 0 Å². The maximum Gasteiger partial charge on any atom is 0.254 e. The average Bonchev–Trinajstić information content (AvgIpc) is 2.46. The minimum absolute atomic E-state index is 0.109. The number of nitrogens with zero attached hydrogens (tertiary/aromatic N) is 3. The van der Waals surface area contributed by atoms with Crippen LogP contribution in [-0.2, 0) is 0 Å². The molecule has 0 aliphatic carbocycles. The van der Waals surface area contributed by atoms with Crippen molar-refractivity contribution < 1.29 is 4.79 Å². The van der Waals surface area contributed by atoms with Gasteiger partial charge in [0.1, 0.15) is 0 Å². The SMILES string of the molecule is CSc1ncc(C(=O)NC(C)(C)CN2CCCC(C)C2)cn1. The highest BCUT2D eigenvalue weighted by atomic mass is 32.2. The van der Waals surface area contributed by atoms with Crippen LogP contribution in [0.15, 0.2) is 17.6 Å². The van der Waals surface area contributed by atoms with Crippen LogP contribution < -0.4 is 5.32 Å². The molecule has 5 nitrogen and oxygen atoms in total. The van der Waals surface area contributed by atoms with Gasteiger partial charge in [-0.3, -0.25) is 4.79 Å². The van der Waals surface area contributed by atoms with Crippen LogP contribution in [0.4, 0.5) is 0 Å². The summed E-state index contributed by atoms with van der Waals surface area (Å²) in [6.07, 6.45) is 7.65. The molecule has 1 unspecified atom stereocenters. The average molecular weight is 322 g/mol. The third kappa shape index (κ3) is 4.95. The number of piperidine rings is 1. The van der Waals surface area contributed by atoms with Gasteiger partial charge in [0.15, 0.2) is 5.16 Å². The first-order valence-corrected chi connectivity index (χ1v) is 9.03. The fourth-order valence-corrected chi connectivity index (χ4v) is 3.26. The number of carbonyl (C=O) groups is 1. The summed E-state index contributed by atoms with van der Waals surface area (Å²) in [6.45, 7) is 9.54. The summed E-state index contributed by atoms with van der Waals surface area (Å²) in [5.41, 5.74) is 0.240. The molecule has 0 radical (unpaired) electrons. The van der Waals surface area contributed by atoms with Crippen molar-refractivity contribution in [2.75, 3.05) is 25.9 Å². The largest absolute Gasteiger partial charge is 0.346 e. The van der Waals surface area contributed by atoms with E-state index in [9.17, 15) is 4.79 Å². The molecule has 0 bridgehead atoms. The van der Waals surface area contributed by atoms with Gasteiger partial charge in [0.2, 0.25) is 0 Å². The molecule has 6 heteroatoms. The van der Waals surface area contributed by atoms with E-state index in [0.717, 1.165) is 25.6 Å². The van der Waals surface area contributed by atoms with Crippen molar-refractivity contribution in [2.45, 2.75) is 44.3 Å². The predicted octanol–water partition coefficient (Wildman–Crippen LogP) is 2.44. The maximum atomic E-state index is 12.3. The summed E-state index contributed by atoms with van der Waals surface area (Å²) in [4.78, 5) is 23.1. The summed E-state index contributed by atoms with van der Waals surface area (Å²) in [7, 11) is 0. The molecule has 1 saturated heterocycles. The Morgan fingerprint density at radius 3 is 2.73 bits per heavy atom. The second-order valence-corrected chi connectivity index (χ2v) is 7.55. The summed E-state index contributed by atoms with van der Waals surface area (Å²) in [5.74, 6) is 0.635. The van der Waals surface area contributed by atoms with Crippen molar-refractivity contribution >= 4 is 17.7 Å². The Morgan fingerprint density at radius 2 is 2.14 bits per heavy atom. The molecular weight excluding hydrogens is 296 g/mol. The minimum atomic E-state index is -0.272. The molecule has 0 saturated carbocycles. The molecule has 1 aromatic rings. The highest BCUT2D eigenvalue weighted by Crippen LogP contribution is 2.18. The molecule has 22 heavy (non-hydrogen) atoms. The first-order chi connectivity index (χ1) is 10.4. The molecule has 122 valence electrons. The van der Waals surface area contributed by atoms with Gasteiger partial charge in [-0.1, -0.05) is 18.7 Å². The van der Waals surface area contributed by atoms with Crippen LogP contribution in [0.25, 0.3) is 0 Å². The van der Waals surface area contributed by atoms with Gasteiger partial charge in [-0.2, -0.15) is 0 Å². The van der Waals surface area contributed by atoms with Crippen LogP contribution in [0.3, 0.4) is 0 Å². The summed E-state index contributed by atoms with van der Waals surface area (Å²) < 4.78 is 0. The van der Waals surface area contributed by atoms with E-state index in [2.05, 4.69) is 41.0 Å². The van der Waals surface area contributed by atoms with Crippen molar-refractivity contribution in [3.63, 3.8) is 0 Å². The lowest BCUT2D eigenvalue weighted by atomic mass is 9.97. The molecule has 2 rings (SSSR count). The van der Waals surface area contributed by atoms with Gasteiger partial charge >= 0.3 is 0 Å². The van der Waals surface area contributed by atoms with Crippen LogP contribution >= 0.6 is 11.8 Å². The minimum Gasteiger partial charge on any atom is -0.346 e. The standard InChI is InChI=1S/C16H26N4OS/c1-12-6-5-7-20(10-12)11-16(2,3)19-14(21)13-8-17-15(22-4)18-9-13/h8-9,12H,5-7,10-11H2,1-4H3,(H,19,21). The number of hydrogen-bond donors (Lipinski definition) is 1. The van der Waals surface area contributed by atoms with Crippen molar-refractivity contribution in [1.29, 1.82) is 0 Å². The quantitative estimate of drug-likeness (QED) is 0.666. The van der Waals surface area contributed by atoms with Crippen LogP contribution in [-0.4, -0.2) is 52.2 Å². The lowest BCUT2D eigenvalue weighted by molar-refractivity contribution is 0.0862. The van der Waals surface area contributed by atoms with Gasteiger partial charge in [0.25, 0.3) is 5.91 Å². The van der Waals surface area contributed by atoms with E-state index in [1.54, 1.807) is 12.4 Å². The number of hydrogen-bond acceptors (Lipinski definition) is 5. The zero-order valence-corrected chi connectivity index (χ0v) is 14.7. The van der Waals surface area contributed by atoms with Crippen LogP contribution in [0.1, 0.15) is 44.0 Å². The van der Waals surface area contributed by atoms with E-state index in [-0.39, 0.29) is 11.4 Å². The number of rotatable bonds is 5. The number of carbonyl (C=O) groups excluding carboxylic acids is 1. The Labute approximate surface area is 137 Å². The molecule has 1 aliphatic rings. The van der Waals surface area contributed by atoms with Crippen molar-refractivity contribution in [3.8, 4) is 0 Å².